The highest BCUT2D eigenvalue weighted by atomic mass is 32.1. The molecule has 6 aromatic carbocycles. The minimum atomic E-state index is -0.357. The van der Waals surface area contributed by atoms with Crippen LogP contribution in [0.3, 0.4) is 0 Å². The van der Waals surface area contributed by atoms with E-state index in [0.29, 0.717) is 28.7 Å². The third-order valence-corrected chi connectivity index (χ3v) is 9.99. The van der Waals surface area contributed by atoms with Crippen molar-refractivity contribution in [2.75, 3.05) is 0 Å². The van der Waals surface area contributed by atoms with Gasteiger partial charge in [-0.05, 0) is 72.8 Å². The number of thiazole rings is 1. The van der Waals surface area contributed by atoms with E-state index in [1.807, 2.05) is 36.4 Å². The van der Waals surface area contributed by atoms with Crippen LogP contribution in [0.5, 0.6) is 0 Å². The predicted octanol–water partition coefficient (Wildman–Crippen LogP) is 10.3. The molecule has 10 aromatic rings. The summed E-state index contributed by atoms with van der Waals surface area (Å²) in [6.45, 7) is 0. The van der Waals surface area contributed by atoms with E-state index >= 15 is 0 Å². The molecule has 0 saturated carbocycles. The lowest BCUT2D eigenvalue weighted by atomic mass is 10.1. The van der Waals surface area contributed by atoms with Crippen LogP contribution >= 0.6 is 11.3 Å². The summed E-state index contributed by atoms with van der Waals surface area (Å²) in [6, 6.07) is 41.2. The molecule has 49 heavy (non-hydrogen) atoms. The van der Waals surface area contributed by atoms with E-state index in [1.165, 1.54) is 24.3 Å². The van der Waals surface area contributed by atoms with Gasteiger partial charge in [0.25, 0.3) is 0 Å². The van der Waals surface area contributed by atoms with Crippen molar-refractivity contribution in [2.24, 2.45) is 0 Å². The quantitative estimate of drug-likeness (QED) is 0.189. The van der Waals surface area contributed by atoms with Gasteiger partial charge < -0.3 is 0 Å². The van der Waals surface area contributed by atoms with Gasteiger partial charge >= 0.3 is 0 Å². The molecule has 0 aliphatic carbocycles. The van der Waals surface area contributed by atoms with Gasteiger partial charge in [0, 0.05) is 32.7 Å². The van der Waals surface area contributed by atoms with Crippen LogP contribution in [0.2, 0.25) is 0 Å². The Morgan fingerprint density at radius 1 is 0.449 bits per heavy atom. The van der Waals surface area contributed by atoms with Crippen LogP contribution in [0.25, 0.3) is 87.7 Å². The molecule has 0 aliphatic rings. The van der Waals surface area contributed by atoms with Gasteiger partial charge in [0.1, 0.15) is 11.6 Å². The Morgan fingerprint density at radius 2 is 0.959 bits per heavy atom. The Kier molecular flexibility index (Phi) is 6.00. The number of nitrogens with zero attached hydrogens (tertiary/aromatic N) is 6. The first-order valence-corrected chi connectivity index (χ1v) is 16.5. The SMILES string of the molecule is Fc1ccc(-c2nc(-c3ccc(F)cc3)nc(-n3c4ccccc4c4ccc5c6ccccc6n(-c6nc7ccccc7s6)c5c43)n2)cc1. The first-order chi connectivity index (χ1) is 24.1. The molecular weight excluding hydrogens is 635 g/mol. The fourth-order valence-electron chi connectivity index (χ4n) is 6.78. The maximum atomic E-state index is 14.0. The number of rotatable bonds is 4. The summed E-state index contributed by atoms with van der Waals surface area (Å²) in [6.07, 6.45) is 0. The Morgan fingerprint density at radius 3 is 1.55 bits per heavy atom. The molecule has 0 amide bonds. The topological polar surface area (TPSA) is 61.4 Å². The van der Waals surface area contributed by atoms with E-state index in [1.54, 1.807) is 35.6 Å². The van der Waals surface area contributed by atoms with Crippen molar-refractivity contribution < 1.29 is 8.78 Å². The summed E-state index contributed by atoms with van der Waals surface area (Å²) < 4.78 is 33.5. The number of para-hydroxylation sites is 3. The van der Waals surface area contributed by atoms with Crippen molar-refractivity contribution in [3.63, 3.8) is 0 Å². The third kappa shape index (κ3) is 4.29. The fraction of sp³-hybridized carbons (Fsp3) is 0. The minimum Gasteiger partial charge on any atom is -0.283 e. The zero-order chi connectivity index (χ0) is 32.6. The second kappa shape index (κ2) is 10.6. The zero-order valence-corrected chi connectivity index (χ0v) is 26.4. The molecule has 0 radical (unpaired) electrons. The number of aromatic nitrogens is 6. The molecule has 0 N–H and O–H groups in total. The van der Waals surface area contributed by atoms with E-state index < -0.39 is 0 Å². The Balaban J connectivity index is 1.37. The molecule has 0 saturated heterocycles. The third-order valence-electron chi connectivity index (χ3n) is 8.97. The molecule has 10 rings (SSSR count). The Labute approximate surface area is 281 Å². The summed E-state index contributed by atoms with van der Waals surface area (Å²) in [5, 5.41) is 5.09. The molecule has 6 nitrogen and oxygen atoms in total. The highest BCUT2D eigenvalue weighted by Gasteiger charge is 2.24. The lowest BCUT2D eigenvalue weighted by Gasteiger charge is -2.12. The Hall–Kier alpha value is -6.32. The van der Waals surface area contributed by atoms with Crippen molar-refractivity contribution in [1.82, 2.24) is 29.1 Å². The monoisotopic (exact) mass is 656 g/mol. The molecule has 0 spiro atoms. The van der Waals surface area contributed by atoms with Crippen LogP contribution in [0, 0.1) is 11.6 Å². The average Bonchev–Trinajstić information content (AvgIpc) is 3.82. The van der Waals surface area contributed by atoms with Crippen LogP contribution in [-0.2, 0) is 0 Å². The highest BCUT2D eigenvalue weighted by Crippen LogP contribution is 2.42. The first-order valence-electron chi connectivity index (χ1n) is 15.7. The average molecular weight is 657 g/mol. The smallest absolute Gasteiger partial charge is 0.238 e. The van der Waals surface area contributed by atoms with Gasteiger partial charge in [-0.15, -0.1) is 0 Å². The molecular formula is C40H22F2N6S. The van der Waals surface area contributed by atoms with E-state index in [2.05, 4.69) is 57.7 Å². The number of benzene rings is 6. The zero-order valence-electron chi connectivity index (χ0n) is 25.5. The summed E-state index contributed by atoms with van der Waals surface area (Å²) in [4.78, 5) is 20.0. The summed E-state index contributed by atoms with van der Waals surface area (Å²) in [7, 11) is 0. The van der Waals surface area contributed by atoms with Crippen molar-refractivity contribution in [1.29, 1.82) is 0 Å². The summed E-state index contributed by atoms with van der Waals surface area (Å²) >= 11 is 1.64. The second-order valence-corrected chi connectivity index (χ2v) is 12.8. The number of hydrogen-bond acceptors (Lipinski definition) is 5. The van der Waals surface area contributed by atoms with E-state index in [-0.39, 0.29) is 11.6 Å². The highest BCUT2D eigenvalue weighted by molar-refractivity contribution is 7.20. The van der Waals surface area contributed by atoms with E-state index in [4.69, 9.17) is 19.9 Å². The summed E-state index contributed by atoms with van der Waals surface area (Å²) in [5.41, 5.74) is 6.02. The number of fused-ring (bicyclic) bond motifs is 8. The van der Waals surface area contributed by atoms with Gasteiger partial charge in [0.05, 0.1) is 32.3 Å². The van der Waals surface area contributed by atoms with Crippen molar-refractivity contribution in [3.8, 4) is 33.9 Å². The minimum absolute atomic E-state index is 0.357. The van der Waals surface area contributed by atoms with Crippen molar-refractivity contribution in [2.45, 2.75) is 0 Å². The molecule has 0 fully saturated rings. The van der Waals surface area contributed by atoms with Crippen molar-refractivity contribution in [3.05, 3.63) is 145 Å². The fourth-order valence-corrected chi connectivity index (χ4v) is 7.77. The Bertz CT molecular complexity index is 2810. The van der Waals surface area contributed by atoms with Gasteiger partial charge in [-0.2, -0.15) is 9.97 Å². The molecule has 0 aliphatic heterocycles. The molecule has 4 heterocycles. The lowest BCUT2D eigenvalue weighted by Crippen LogP contribution is -2.07. The molecule has 0 bridgehead atoms. The predicted molar refractivity (Wildman–Crippen MR) is 192 cm³/mol. The molecule has 0 atom stereocenters. The van der Waals surface area contributed by atoms with E-state index in [0.717, 1.165) is 59.0 Å². The molecule has 0 unspecified atom stereocenters. The first kappa shape index (κ1) is 27.8. The second-order valence-electron chi connectivity index (χ2n) is 11.8. The van der Waals surface area contributed by atoms with Crippen LogP contribution in [-0.4, -0.2) is 29.1 Å². The van der Waals surface area contributed by atoms with Gasteiger partial charge in [0.2, 0.25) is 5.95 Å². The maximum Gasteiger partial charge on any atom is 0.238 e. The van der Waals surface area contributed by atoms with Gasteiger partial charge in [-0.3, -0.25) is 9.13 Å². The van der Waals surface area contributed by atoms with Gasteiger partial charge in [-0.25, -0.2) is 18.7 Å². The van der Waals surface area contributed by atoms with Gasteiger partial charge in [-0.1, -0.05) is 72.0 Å². The molecule has 232 valence electrons. The largest absolute Gasteiger partial charge is 0.283 e. The normalized spacial score (nSPS) is 11.9. The van der Waals surface area contributed by atoms with Gasteiger partial charge in [0.15, 0.2) is 16.8 Å². The van der Waals surface area contributed by atoms with Crippen LogP contribution in [0.15, 0.2) is 133 Å². The number of halogens is 2. The lowest BCUT2D eigenvalue weighted by molar-refractivity contribution is 0.627. The van der Waals surface area contributed by atoms with Crippen LogP contribution < -0.4 is 0 Å². The van der Waals surface area contributed by atoms with Crippen molar-refractivity contribution >= 4 is 65.2 Å². The standard InChI is InChI=1S/C40H22F2N6S/c41-25-17-13-23(14-18-25)37-44-38(24-15-19-26(42)20-16-24)46-39(45-37)47-32-10-4-1-7-27(32)29-21-22-30-28-8-2-5-11-33(28)48(36(30)35(29)47)40-43-31-9-3-6-12-34(31)49-40/h1-22H. The van der Waals surface area contributed by atoms with Crippen LogP contribution in [0.1, 0.15) is 0 Å². The summed E-state index contributed by atoms with van der Waals surface area (Å²) in [5.74, 6) is 0.408. The van der Waals surface area contributed by atoms with E-state index in [9.17, 15) is 8.78 Å². The van der Waals surface area contributed by atoms with Crippen LogP contribution in [0.4, 0.5) is 8.78 Å². The molecule has 4 aromatic heterocycles. The molecule has 9 heteroatoms. The maximum absolute atomic E-state index is 14.0. The number of hydrogen-bond donors (Lipinski definition) is 0.